The number of carbonyl (C=O) groups is 2. The number of nitrogens with one attached hydrogen (secondary N) is 2. The molecule has 1 aromatic rings. The number of hydrogen-bond donors (Lipinski definition) is 3. The van der Waals surface area contributed by atoms with Gasteiger partial charge in [-0.25, -0.2) is 9.59 Å². The molecule has 0 radical (unpaired) electrons. The zero-order valence-electron chi connectivity index (χ0n) is 12.0. The fourth-order valence-corrected chi connectivity index (χ4v) is 3.15. The predicted octanol–water partition coefficient (Wildman–Crippen LogP) is 1.74. The van der Waals surface area contributed by atoms with Crippen molar-refractivity contribution in [1.82, 2.24) is 10.6 Å². The Balaban J connectivity index is 1.89. The van der Waals surface area contributed by atoms with Crippen LogP contribution in [-0.4, -0.2) is 35.9 Å². The highest BCUT2D eigenvalue weighted by Gasteiger charge is 2.41. The van der Waals surface area contributed by atoms with Gasteiger partial charge in [-0.3, -0.25) is 0 Å². The summed E-state index contributed by atoms with van der Waals surface area (Å²) in [5.41, 5.74) is -1.22. The van der Waals surface area contributed by atoms with E-state index in [0.717, 1.165) is 11.3 Å². The van der Waals surface area contributed by atoms with E-state index in [0.29, 0.717) is 19.8 Å². The fourth-order valence-electron chi connectivity index (χ4n) is 2.25. The summed E-state index contributed by atoms with van der Waals surface area (Å²) in [7, 11) is 0. The highest BCUT2D eigenvalue weighted by Crippen LogP contribution is 2.21. The van der Waals surface area contributed by atoms with Gasteiger partial charge in [0.25, 0.3) is 0 Å². The van der Waals surface area contributed by atoms with Gasteiger partial charge in [0.2, 0.25) is 0 Å². The highest BCUT2D eigenvalue weighted by molar-refractivity contribution is 7.11. The Bertz CT molecular complexity index is 509. The molecule has 6 nitrogen and oxygen atoms in total. The molecule has 2 amide bonds. The summed E-state index contributed by atoms with van der Waals surface area (Å²) >= 11 is 1.65. The van der Waals surface area contributed by atoms with Crippen LogP contribution in [0.4, 0.5) is 4.79 Å². The number of amides is 2. The molecule has 1 aromatic heterocycles. The van der Waals surface area contributed by atoms with Gasteiger partial charge in [0.15, 0.2) is 0 Å². The molecule has 0 unspecified atom stereocenters. The summed E-state index contributed by atoms with van der Waals surface area (Å²) in [6.07, 6.45) is 1.54. The molecule has 0 bridgehead atoms. The van der Waals surface area contributed by atoms with Crippen molar-refractivity contribution < 1.29 is 19.4 Å². The number of aryl methyl sites for hydroxylation is 1. The van der Waals surface area contributed by atoms with E-state index in [4.69, 9.17) is 4.74 Å². The van der Waals surface area contributed by atoms with Crippen LogP contribution in [0.25, 0.3) is 0 Å². The van der Waals surface area contributed by atoms with Gasteiger partial charge in [-0.05, 0) is 18.6 Å². The maximum Gasteiger partial charge on any atom is 0.329 e. The van der Waals surface area contributed by atoms with E-state index in [1.807, 2.05) is 12.1 Å². The maximum atomic E-state index is 11.9. The van der Waals surface area contributed by atoms with Crippen molar-refractivity contribution in [2.45, 2.75) is 38.3 Å². The molecule has 2 heterocycles. The molecule has 0 aliphatic carbocycles. The molecule has 7 heteroatoms. The van der Waals surface area contributed by atoms with Crippen LogP contribution in [0.1, 0.15) is 29.5 Å². The Hall–Kier alpha value is -1.60. The van der Waals surface area contributed by atoms with Crippen molar-refractivity contribution in [3.05, 3.63) is 21.9 Å². The van der Waals surface area contributed by atoms with Crippen LogP contribution in [0.3, 0.4) is 0 Å². The number of ether oxygens (including phenoxy) is 1. The van der Waals surface area contributed by atoms with Gasteiger partial charge >= 0.3 is 12.0 Å². The monoisotopic (exact) mass is 312 g/mol. The van der Waals surface area contributed by atoms with E-state index in [1.165, 1.54) is 4.88 Å². The second-order valence-electron chi connectivity index (χ2n) is 5.03. The first-order valence-corrected chi connectivity index (χ1v) is 7.82. The van der Waals surface area contributed by atoms with Crippen LogP contribution >= 0.6 is 11.3 Å². The quantitative estimate of drug-likeness (QED) is 0.773. The van der Waals surface area contributed by atoms with Crippen LogP contribution in [0, 0.1) is 0 Å². The summed E-state index contributed by atoms with van der Waals surface area (Å²) in [6.45, 7) is 3.18. The molecule has 2 rings (SSSR count). The maximum absolute atomic E-state index is 11.9. The Morgan fingerprint density at radius 3 is 2.57 bits per heavy atom. The summed E-state index contributed by atoms with van der Waals surface area (Å²) in [6, 6.07) is 3.56. The SMILES string of the molecule is CCc1ccc(CNC(=O)NC2(C(=O)O)CCOCC2)s1. The van der Waals surface area contributed by atoms with Crippen LogP contribution in [0.15, 0.2) is 12.1 Å². The Kier molecular flexibility index (Phi) is 5.19. The number of urea groups is 1. The van der Waals surface area contributed by atoms with Gasteiger partial charge in [-0.2, -0.15) is 0 Å². The van der Waals surface area contributed by atoms with Gasteiger partial charge < -0.3 is 20.5 Å². The van der Waals surface area contributed by atoms with Crippen LogP contribution < -0.4 is 10.6 Å². The van der Waals surface area contributed by atoms with Crippen molar-refractivity contribution in [2.24, 2.45) is 0 Å². The number of aliphatic carboxylic acids is 1. The number of rotatable bonds is 5. The van der Waals surface area contributed by atoms with Crippen LogP contribution in [0.5, 0.6) is 0 Å². The largest absolute Gasteiger partial charge is 0.480 e. The van der Waals surface area contributed by atoms with E-state index in [1.54, 1.807) is 11.3 Å². The number of carboxylic acid groups (broad SMARTS) is 1. The van der Waals surface area contributed by atoms with Gasteiger partial charge in [0, 0.05) is 35.8 Å². The van der Waals surface area contributed by atoms with Crippen molar-refractivity contribution in [3.63, 3.8) is 0 Å². The van der Waals surface area contributed by atoms with Gasteiger partial charge in [0.05, 0.1) is 6.54 Å². The summed E-state index contributed by atoms with van der Waals surface area (Å²) in [4.78, 5) is 25.7. The first kappa shape index (κ1) is 15.8. The molecule has 0 atom stereocenters. The molecule has 21 heavy (non-hydrogen) atoms. The van der Waals surface area contributed by atoms with Gasteiger partial charge in [-0.1, -0.05) is 6.92 Å². The van der Waals surface area contributed by atoms with Crippen LogP contribution in [0.2, 0.25) is 0 Å². The zero-order chi connectivity index (χ0) is 15.3. The number of thiophene rings is 1. The predicted molar refractivity (Wildman–Crippen MR) is 79.5 cm³/mol. The normalized spacial score (nSPS) is 17.2. The Morgan fingerprint density at radius 2 is 2.00 bits per heavy atom. The lowest BCUT2D eigenvalue weighted by atomic mass is 9.90. The van der Waals surface area contributed by atoms with Crippen LogP contribution in [-0.2, 0) is 22.5 Å². The van der Waals surface area contributed by atoms with E-state index in [9.17, 15) is 14.7 Å². The average molecular weight is 312 g/mol. The molecule has 0 saturated carbocycles. The molecule has 0 spiro atoms. The Labute approximate surface area is 127 Å². The second kappa shape index (κ2) is 6.91. The summed E-state index contributed by atoms with van der Waals surface area (Å²) in [5, 5.41) is 14.7. The lowest BCUT2D eigenvalue weighted by molar-refractivity contribution is -0.148. The second-order valence-corrected chi connectivity index (χ2v) is 6.28. The molecular weight excluding hydrogens is 292 g/mol. The molecule has 1 saturated heterocycles. The molecule has 1 aliphatic heterocycles. The third-order valence-corrected chi connectivity index (χ3v) is 4.83. The lowest BCUT2D eigenvalue weighted by Gasteiger charge is -2.33. The first-order chi connectivity index (χ1) is 10.1. The van der Waals surface area contributed by atoms with Gasteiger partial charge in [0.1, 0.15) is 5.54 Å². The third kappa shape index (κ3) is 3.95. The zero-order valence-corrected chi connectivity index (χ0v) is 12.8. The molecular formula is C14H20N2O4S. The van der Waals surface area contributed by atoms with E-state index >= 15 is 0 Å². The lowest BCUT2D eigenvalue weighted by Crippen LogP contribution is -2.59. The summed E-state index contributed by atoms with van der Waals surface area (Å²) in [5.74, 6) is -1.01. The minimum atomic E-state index is -1.22. The number of carbonyl (C=O) groups excluding carboxylic acids is 1. The molecule has 116 valence electrons. The highest BCUT2D eigenvalue weighted by atomic mass is 32.1. The average Bonchev–Trinajstić information content (AvgIpc) is 2.94. The summed E-state index contributed by atoms with van der Waals surface area (Å²) < 4.78 is 5.17. The third-order valence-electron chi connectivity index (χ3n) is 3.60. The van der Waals surface area contributed by atoms with E-state index in [-0.39, 0.29) is 12.8 Å². The Morgan fingerprint density at radius 1 is 1.33 bits per heavy atom. The smallest absolute Gasteiger partial charge is 0.329 e. The van der Waals surface area contributed by atoms with Crippen molar-refractivity contribution in [1.29, 1.82) is 0 Å². The van der Waals surface area contributed by atoms with E-state index < -0.39 is 17.5 Å². The number of hydrogen-bond acceptors (Lipinski definition) is 4. The van der Waals surface area contributed by atoms with Crippen molar-refractivity contribution >= 4 is 23.3 Å². The molecule has 0 aromatic carbocycles. The molecule has 1 aliphatic rings. The first-order valence-electron chi connectivity index (χ1n) is 7.00. The topological polar surface area (TPSA) is 87.7 Å². The fraction of sp³-hybridized carbons (Fsp3) is 0.571. The molecule has 1 fully saturated rings. The van der Waals surface area contributed by atoms with Gasteiger partial charge in [-0.15, -0.1) is 11.3 Å². The van der Waals surface area contributed by atoms with E-state index in [2.05, 4.69) is 17.6 Å². The minimum absolute atomic E-state index is 0.286. The van der Waals surface area contributed by atoms with Crippen molar-refractivity contribution in [2.75, 3.05) is 13.2 Å². The molecule has 3 N–H and O–H groups in total. The standard InChI is InChI=1S/C14H20N2O4S/c1-2-10-3-4-11(21-10)9-15-13(19)16-14(12(17)18)5-7-20-8-6-14/h3-4H,2,5-9H2,1H3,(H,17,18)(H2,15,16,19). The number of carboxylic acids is 1. The minimum Gasteiger partial charge on any atom is -0.480 e. The van der Waals surface area contributed by atoms with Crippen molar-refractivity contribution in [3.8, 4) is 0 Å².